The maximum Gasteiger partial charge on any atom is 0.143 e. The van der Waals surface area contributed by atoms with Crippen molar-refractivity contribution in [3.63, 3.8) is 0 Å². The van der Waals surface area contributed by atoms with Crippen molar-refractivity contribution in [3.8, 4) is 11.1 Å². The maximum atomic E-state index is 12.7. The Bertz CT molecular complexity index is 945. The molecule has 0 saturated carbocycles. The van der Waals surface area contributed by atoms with E-state index in [2.05, 4.69) is 15.6 Å². The highest BCUT2D eigenvalue weighted by atomic mass is 35.5. The van der Waals surface area contributed by atoms with Gasteiger partial charge in [-0.25, -0.2) is 0 Å². The van der Waals surface area contributed by atoms with Crippen molar-refractivity contribution in [2.75, 3.05) is 38.1 Å². The van der Waals surface area contributed by atoms with Crippen molar-refractivity contribution < 1.29 is 12.3 Å². The monoisotopic (exact) mass is 429 g/mol. The second-order valence-corrected chi connectivity index (χ2v) is 8.49. The SMILES string of the molecule is [2H]C([2H])(Nc1cccc(-c2cc(CC(=O)[C@@H]3CCCNC3)ncc2Cl)c1)C1CCOCC1. The van der Waals surface area contributed by atoms with Crippen molar-refractivity contribution in [2.24, 2.45) is 11.8 Å². The third-order valence-corrected chi connectivity index (χ3v) is 6.14. The third-order valence-electron chi connectivity index (χ3n) is 5.84. The van der Waals surface area contributed by atoms with Crippen LogP contribution < -0.4 is 10.6 Å². The molecule has 160 valence electrons. The molecule has 1 aromatic carbocycles. The number of carbonyl (C=O) groups is 1. The van der Waals surface area contributed by atoms with E-state index in [-0.39, 0.29) is 17.6 Å². The minimum Gasteiger partial charge on any atom is -0.385 e. The van der Waals surface area contributed by atoms with Gasteiger partial charge in [0.15, 0.2) is 0 Å². The molecule has 2 aliphatic rings. The number of ketones is 1. The highest BCUT2D eigenvalue weighted by Crippen LogP contribution is 2.30. The fraction of sp³-hybridized carbons (Fsp3) is 0.500. The number of carbonyl (C=O) groups excluding carboxylic acids is 1. The van der Waals surface area contributed by atoms with Crippen LogP contribution in [0.3, 0.4) is 0 Å². The van der Waals surface area contributed by atoms with Crippen LogP contribution in [0.5, 0.6) is 0 Å². The minimum atomic E-state index is -1.53. The van der Waals surface area contributed by atoms with E-state index in [0.717, 1.165) is 37.1 Å². The molecule has 0 bridgehead atoms. The minimum absolute atomic E-state index is 0.0459. The second-order valence-electron chi connectivity index (χ2n) is 8.08. The first kappa shape index (κ1) is 18.8. The number of benzene rings is 1. The van der Waals surface area contributed by atoms with Gasteiger partial charge in [-0.15, -0.1) is 0 Å². The molecule has 1 atom stereocenters. The number of nitrogens with one attached hydrogen (secondary N) is 2. The predicted octanol–water partition coefficient (Wildman–Crippen LogP) is 4.35. The van der Waals surface area contributed by atoms with E-state index in [9.17, 15) is 4.79 Å². The normalized spacial score (nSPS) is 21.6. The lowest BCUT2D eigenvalue weighted by Gasteiger charge is -2.22. The zero-order valence-electron chi connectivity index (χ0n) is 19.1. The van der Waals surface area contributed by atoms with Gasteiger partial charge in [-0.3, -0.25) is 9.78 Å². The van der Waals surface area contributed by atoms with Gasteiger partial charge in [-0.1, -0.05) is 23.7 Å². The first-order chi connectivity index (χ1) is 15.4. The molecule has 0 amide bonds. The van der Waals surface area contributed by atoms with Crippen molar-refractivity contribution in [3.05, 3.63) is 47.2 Å². The first-order valence-corrected chi connectivity index (χ1v) is 11.1. The van der Waals surface area contributed by atoms with Crippen LogP contribution in [-0.2, 0) is 16.0 Å². The van der Waals surface area contributed by atoms with Crippen LogP contribution in [0.1, 0.15) is 34.1 Å². The highest BCUT2D eigenvalue weighted by molar-refractivity contribution is 6.33. The molecule has 3 heterocycles. The number of aromatic nitrogens is 1. The van der Waals surface area contributed by atoms with Gasteiger partial charge in [0.1, 0.15) is 5.78 Å². The summed E-state index contributed by atoms with van der Waals surface area (Å²) in [6, 6.07) is 9.45. The molecular formula is C24H30ClN3O2. The number of rotatable bonds is 7. The molecule has 0 spiro atoms. The Morgan fingerprint density at radius 3 is 2.97 bits per heavy atom. The molecule has 2 aromatic rings. The number of anilines is 1. The fourth-order valence-electron chi connectivity index (χ4n) is 4.04. The van der Waals surface area contributed by atoms with Crippen LogP contribution in [-0.4, -0.2) is 43.6 Å². The average Bonchev–Trinajstić information content (AvgIpc) is 2.81. The van der Waals surface area contributed by atoms with Gasteiger partial charge < -0.3 is 15.4 Å². The standard InChI is InChI=1S/C24H30ClN3O2/c25-23-16-28-21(13-24(29)19-4-2-8-26-15-19)12-22(23)18-3-1-5-20(11-18)27-14-17-6-9-30-10-7-17/h1,3,5,11-12,16-17,19,26-27H,2,4,6-10,13-15H2/t19-/m1/s1/i14D2. The van der Waals surface area contributed by atoms with Crippen LogP contribution in [0.15, 0.2) is 36.5 Å². The van der Waals surface area contributed by atoms with Crippen LogP contribution in [0.2, 0.25) is 5.02 Å². The lowest BCUT2D eigenvalue weighted by molar-refractivity contribution is -0.122. The predicted molar refractivity (Wildman–Crippen MR) is 121 cm³/mol. The number of halogens is 1. The summed E-state index contributed by atoms with van der Waals surface area (Å²) in [5, 5.41) is 6.86. The number of piperidine rings is 1. The molecule has 30 heavy (non-hydrogen) atoms. The Hall–Kier alpha value is -1.95. The van der Waals surface area contributed by atoms with Gasteiger partial charge in [0.25, 0.3) is 0 Å². The number of nitrogens with zero attached hydrogens (tertiary/aromatic N) is 1. The van der Waals surface area contributed by atoms with Crippen molar-refractivity contribution in [1.29, 1.82) is 0 Å². The molecule has 2 fully saturated rings. The van der Waals surface area contributed by atoms with E-state index in [0.29, 0.717) is 48.9 Å². The molecule has 2 N–H and O–H groups in total. The van der Waals surface area contributed by atoms with Gasteiger partial charge in [-0.05, 0) is 61.9 Å². The highest BCUT2D eigenvalue weighted by Gasteiger charge is 2.21. The topological polar surface area (TPSA) is 63.2 Å². The Morgan fingerprint density at radius 1 is 1.30 bits per heavy atom. The van der Waals surface area contributed by atoms with Crippen molar-refractivity contribution in [2.45, 2.75) is 32.1 Å². The summed E-state index contributed by atoms with van der Waals surface area (Å²) in [6.45, 7) is 1.37. The van der Waals surface area contributed by atoms with Crippen LogP contribution >= 0.6 is 11.6 Å². The molecule has 4 rings (SSSR count). The largest absolute Gasteiger partial charge is 0.385 e. The number of Topliss-reactive ketones (excluding diaryl/α,β-unsaturated/α-hetero) is 1. The molecule has 6 heteroatoms. The van der Waals surface area contributed by atoms with Crippen LogP contribution in [0, 0.1) is 11.8 Å². The van der Waals surface area contributed by atoms with E-state index in [4.69, 9.17) is 19.1 Å². The summed E-state index contributed by atoms with van der Waals surface area (Å²) in [4.78, 5) is 17.1. The summed E-state index contributed by atoms with van der Waals surface area (Å²) in [6.07, 6.45) is 5.24. The smallest absolute Gasteiger partial charge is 0.143 e. The van der Waals surface area contributed by atoms with Gasteiger partial charge in [0.2, 0.25) is 0 Å². The van der Waals surface area contributed by atoms with E-state index >= 15 is 0 Å². The second kappa shape index (κ2) is 10.4. The quantitative estimate of drug-likeness (QED) is 0.685. The zero-order chi connectivity index (χ0) is 22.6. The van der Waals surface area contributed by atoms with E-state index < -0.39 is 6.50 Å². The molecule has 0 radical (unpaired) electrons. The number of hydrogen-bond acceptors (Lipinski definition) is 5. The number of pyridine rings is 1. The summed E-state index contributed by atoms with van der Waals surface area (Å²) in [7, 11) is 0. The molecule has 5 nitrogen and oxygen atoms in total. The molecule has 2 aliphatic heterocycles. The van der Waals surface area contributed by atoms with E-state index in [1.54, 1.807) is 6.20 Å². The van der Waals surface area contributed by atoms with Crippen molar-refractivity contribution in [1.82, 2.24) is 10.3 Å². The lowest BCUT2D eigenvalue weighted by Crippen LogP contribution is -2.35. The summed E-state index contributed by atoms with van der Waals surface area (Å²) in [5.74, 6) is 0.152. The lowest BCUT2D eigenvalue weighted by atomic mass is 9.92. The Balaban J connectivity index is 1.50. The molecule has 0 unspecified atom stereocenters. The summed E-state index contributed by atoms with van der Waals surface area (Å²) in [5.41, 5.74) is 3.05. The van der Waals surface area contributed by atoms with Gasteiger partial charge in [0.05, 0.1) is 5.02 Å². The molecular weight excluding hydrogens is 398 g/mol. The van der Waals surface area contributed by atoms with Crippen molar-refractivity contribution >= 4 is 23.1 Å². The Morgan fingerprint density at radius 2 is 2.17 bits per heavy atom. The molecule has 0 aliphatic carbocycles. The molecule has 1 aromatic heterocycles. The average molecular weight is 430 g/mol. The zero-order valence-corrected chi connectivity index (χ0v) is 17.9. The van der Waals surface area contributed by atoms with E-state index in [1.807, 2.05) is 30.3 Å². The van der Waals surface area contributed by atoms with E-state index in [1.165, 1.54) is 0 Å². The first-order valence-electron chi connectivity index (χ1n) is 11.8. The Kier molecular flexibility index (Phi) is 6.50. The van der Waals surface area contributed by atoms with Gasteiger partial charge in [-0.2, -0.15) is 0 Å². The summed E-state index contributed by atoms with van der Waals surface area (Å²) >= 11 is 6.46. The van der Waals surface area contributed by atoms with Gasteiger partial charge in [0, 0.05) is 64.5 Å². The molecule has 2 saturated heterocycles. The third kappa shape index (κ3) is 5.60. The summed E-state index contributed by atoms with van der Waals surface area (Å²) < 4.78 is 22.4. The fourth-order valence-corrected chi connectivity index (χ4v) is 4.25. The van der Waals surface area contributed by atoms with Crippen LogP contribution in [0.25, 0.3) is 11.1 Å². The van der Waals surface area contributed by atoms with Gasteiger partial charge >= 0.3 is 0 Å². The van der Waals surface area contributed by atoms with Crippen LogP contribution in [0.4, 0.5) is 5.69 Å². The maximum absolute atomic E-state index is 12.7. The Labute approximate surface area is 186 Å². The number of ether oxygens (including phenoxy) is 1. The number of hydrogen-bond donors (Lipinski definition) is 2.